The van der Waals surface area contributed by atoms with Gasteiger partial charge in [0.05, 0.1) is 5.58 Å². The van der Waals surface area contributed by atoms with Gasteiger partial charge in [0.1, 0.15) is 0 Å². The Balaban J connectivity index is 0.000000244. The molecule has 0 unspecified atom stereocenters. The summed E-state index contributed by atoms with van der Waals surface area (Å²) in [5, 5.41) is 1.52. The first-order chi connectivity index (χ1) is 32.5. The van der Waals surface area contributed by atoms with Gasteiger partial charge in [-0.3, -0.25) is 0 Å². The van der Waals surface area contributed by atoms with E-state index in [0.717, 1.165) is 36.5 Å². The van der Waals surface area contributed by atoms with Gasteiger partial charge >= 0.3 is 0 Å². The molecule has 2 aromatic carbocycles. The summed E-state index contributed by atoms with van der Waals surface area (Å²) in [6.45, 7) is 15.9. The second kappa shape index (κ2) is 17.6. The summed E-state index contributed by atoms with van der Waals surface area (Å²) >= 11 is 0. The van der Waals surface area contributed by atoms with Gasteiger partial charge in [0.2, 0.25) is 5.71 Å². The molecule has 5 heteroatoms. The van der Waals surface area contributed by atoms with Crippen molar-refractivity contribution in [3.8, 4) is 22.5 Å². The van der Waals surface area contributed by atoms with E-state index in [1.54, 1.807) is 78.1 Å². The van der Waals surface area contributed by atoms with Crippen LogP contribution < -0.4 is 0 Å². The fraction of sp³-hybridized carbons (Fsp3) is 0.509. The summed E-state index contributed by atoms with van der Waals surface area (Å²) in [7, 11) is 0. The molecule has 6 aromatic rings. The fourth-order valence-corrected chi connectivity index (χ4v) is 9.88. The molecule has 2 aliphatic carbocycles. The third kappa shape index (κ3) is 10.00. The molecule has 0 aliphatic heterocycles. The number of hydrogen-bond donors (Lipinski definition) is 0. The molecule has 0 amide bonds. The van der Waals surface area contributed by atoms with Gasteiger partial charge in [0, 0.05) is 60.0 Å². The Labute approximate surface area is 392 Å². The molecule has 2 aliphatic rings. The zero-order chi connectivity index (χ0) is 52.8. The Kier molecular flexibility index (Phi) is 9.41. The first-order valence-electron chi connectivity index (χ1n) is 27.2. The summed E-state index contributed by atoms with van der Waals surface area (Å²) in [5.41, 5.74) is 3.34. The van der Waals surface area contributed by atoms with Crippen LogP contribution in [0.1, 0.15) is 159 Å². The van der Waals surface area contributed by atoms with E-state index in [9.17, 15) is 2.74 Å². The van der Waals surface area contributed by atoms with Crippen LogP contribution in [0.15, 0.2) is 77.5 Å². The number of nitrogens with zero attached hydrogens (tertiary/aromatic N) is 3. The van der Waals surface area contributed by atoms with Gasteiger partial charge in [-0.15, -0.1) is 53.6 Å². The first-order valence-corrected chi connectivity index (χ1v) is 21.2. The molecule has 8 rings (SSSR count). The van der Waals surface area contributed by atoms with E-state index in [1.807, 2.05) is 12.1 Å². The average molecular weight is 992 g/mol. The number of benzene rings is 2. The number of fused-ring (bicyclic) bond motifs is 3. The van der Waals surface area contributed by atoms with Crippen molar-refractivity contribution in [3.63, 3.8) is 0 Å². The van der Waals surface area contributed by atoms with Crippen molar-refractivity contribution in [3.05, 3.63) is 113 Å². The molecule has 0 N–H and O–H groups in total. The molecular weight excluding hydrogens is 911 g/mol. The molecule has 321 valence electrons. The van der Waals surface area contributed by atoms with Gasteiger partial charge in [-0.25, -0.2) is 4.98 Å². The second-order valence-corrected chi connectivity index (χ2v) is 20.2. The minimum atomic E-state index is -2.33. The Bertz CT molecular complexity index is 2880. The van der Waals surface area contributed by atoms with E-state index in [4.69, 9.17) is 18.1 Å². The topological polar surface area (TPSA) is 51.8 Å². The van der Waals surface area contributed by atoms with Gasteiger partial charge in [0.25, 0.3) is 0 Å². The van der Waals surface area contributed by atoms with Crippen molar-refractivity contribution in [2.24, 2.45) is 33.0 Å². The zero-order valence-corrected chi connectivity index (χ0v) is 39.4. The number of pyridine rings is 3. The van der Waals surface area contributed by atoms with Crippen molar-refractivity contribution >= 4 is 22.1 Å². The molecule has 4 heterocycles. The predicted molar refractivity (Wildman–Crippen MR) is 247 cm³/mol. The quantitative estimate of drug-likeness (QED) is 0.156. The molecule has 4 nitrogen and oxygen atoms in total. The predicted octanol–water partition coefficient (Wildman–Crippen LogP) is 15.1. The summed E-state index contributed by atoms with van der Waals surface area (Å²) in [4.78, 5) is 13.3. The molecule has 0 saturated heterocycles. The molecular formula is C55H69IrN3O-2. The van der Waals surface area contributed by atoms with Crippen LogP contribution in [0.5, 0.6) is 0 Å². The SMILES string of the molecule is [2H]C([2H])([2H])c1c[c-]c(-c2cc(C([2H])([2H])C(C)(C)C)c(C([2H])([2H])C(C)(C)C)cn2)cc1.[2H]C([2H])([2H])c1ccc2c(n1)oc1c(-c3cc(C([2H])([2H])C4CCC5(CC4)C(C)(C)CCCC5(C)C)ccn3)[c-]ccc12.[Ir]. The minimum Gasteiger partial charge on any atom is -0.486 e. The maximum atomic E-state index is 9.30. The van der Waals surface area contributed by atoms with Crippen LogP contribution in [0.4, 0.5) is 0 Å². The molecule has 0 atom stereocenters. The van der Waals surface area contributed by atoms with Crippen molar-refractivity contribution in [2.75, 3.05) is 0 Å². The maximum absolute atomic E-state index is 9.30. The number of aryl methyl sites for hydroxylation is 2. The monoisotopic (exact) mass is 993 g/mol. The maximum Gasteiger partial charge on any atom is 0.216 e. The first kappa shape index (κ1) is 32.1. The summed E-state index contributed by atoms with van der Waals surface area (Å²) < 4.78 is 105. The Morgan fingerprint density at radius 1 is 0.783 bits per heavy atom. The number of hydrogen-bond acceptors (Lipinski definition) is 4. The standard InChI is InChI=1S/C33H39N2O.C22H30N.Ir/c1-22-10-11-26-25-8-6-9-27(29(25)36-30(26)35-22)28-21-24(14-19-34-28)20-23-12-17-33(18-13-23)31(2,3)15-7-16-32(33,4)5;1-16-8-10-17(11-9-16)20-12-18(13-21(2,3)4)19(15-23-20)14-22(5,6)7;/h6,8,10-11,14,19,21,23H,7,12-13,15-18,20H2,1-5H3;8-10,12,15H,13-14H2,1-7H3;/q2*-1;/i1D3,20D2;1D3,13D2,14D2;. The largest absolute Gasteiger partial charge is 0.486 e. The molecule has 0 bridgehead atoms. The van der Waals surface area contributed by atoms with Crippen molar-refractivity contribution in [2.45, 2.75) is 147 Å². The van der Waals surface area contributed by atoms with Crippen LogP contribution >= 0.6 is 0 Å². The Morgan fingerprint density at radius 2 is 1.50 bits per heavy atom. The summed E-state index contributed by atoms with van der Waals surface area (Å²) in [6, 6.07) is 22.7. The van der Waals surface area contributed by atoms with Crippen molar-refractivity contribution in [1.29, 1.82) is 0 Å². The van der Waals surface area contributed by atoms with E-state index < -0.39 is 43.7 Å². The van der Waals surface area contributed by atoms with Gasteiger partial charge in [-0.2, -0.15) is 0 Å². The molecule has 1 radical (unpaired) electrons. The number of aromatic nitrogens is 3. The number of rotatable bonds is 6. The van der Waals surface area contributed by atoms with Gasteiger partial charge in [0.15, 0.2) is 0 Å². The second-order valence-electron chi connectivity index (χ2n) is 20.2. The van der Waals surface area contributed by atoms with Crippen LogP contribution in [0.3, 0.4) is 0 Å². The van der Waals surface area contributed by atoms with Crippen LogP contribution in [0.25, 0.3) is 44.6 Å². The van der Waals surface area contributed by atoms with Crippen molar-refractivity contribution in [1.82, 2.24) is 15.0 Å². The third-order valence-corrected chi connectivity index (χ3v) is 12.7. The summed E-state index contributed by atoms with van der Waals surface area (Å²) in [6.07, 6.45) is 5.57. The number of furan rings is 1. The third-order valence-electron chi connectivity index (χ3n) is 12.7. The van der Waals surface area contributed by atoms with Gasteiger partial charge < -0.3 is 14.4 Å². The van der Waals surface area contributed by atoms with Crippen molar-refractivity contribution < 1.29 is 41.0 Å². The Morgan fingerprint density at radius 3 is 2.15 bits per heavy atom. The van der Waals surface area contributed by atoms with E-state index >= 15 is 0 Å². The van der Waals surface area contributed by atoms with E-state index in [2.05, 4.69) is 54.8 Å². The van der Waals surface area contributed by atoms with E-state index in [-0.39, 0.29) is 70.4 Å². The Hall–Kier alpha value is -3.66. The average Bonchev–Trinajstić information content (AvgIpc) is 3.65. The minimum absolute atomic E-state index is 0. The fourth-order valence-electron chi connectivity index (χ4n) is 9.88. The molecule has 60 heavy (non-hydrogen) atoms. The van der Waals surface area contributed by atoms with Crippen LogP contribution in [-0.2, 0) is 39.2 Å². The molecule has 2 fully saturated rings. The van der Waals surface area contributed by atoms with Crippen LogP contribution in [0.2, 0.25) is 0 Å². The molecule has 1 spiro atoms. The smallest absolute Gasteiger partial charge is 0.216 e. The van der Waals surface area contributed by atoms with Crippen LogP contribution in [0, 0.1) is 58.8 Å². The van der Waals surface area contributed by atoms with Gasteiger partial charge in [-0.05, 0) is 138 Å². The van der Waals surface area contributed by atoms with E-state index in [1.165, 1.54) is 43.7 Å². The molecule has 2 saturated carbocycles. The van der Waals surface area contributed by atoms with Crippen LogP contribution in [-0.4, -0.2) is 15.0 Å². The normalized spacial score (nSPS) is 21.7. The summed E-state index contributed by atoms with van der Waals surface area (Å²) in [5.74, 6) is -0.0645. The molecule has 4 aromatic heterocycles. The van der Waals surface area contributed by atoms with Gasteiger partial charge in [-0.1, -0.05) is 111 Å². The van der Waals surface area contributed by atoms with E-state index in [0.29, 0.717) is 33.7 Å². The zero-order valence-electron chi connectivity index (χ0n) is 49.0.